The molecule has 0 aromatic carbocycles. The molecule has 1 fully saturated rings. The van der Waals surface area contributed by atoms with Crippen LogP contribution in [0, 0.1) is 0 Å². The fourth-order valence-corrected chi connectivity index (χ4v) is 4.03. The SMILES string of the molecule is O=C([O-])C1=CCCC2CC[S+]12. The molecule has 2 unspecified atom stereocenters. The van der Waals surface area contributed by atoms with Crippen LogP contribution in [0.5, 0.6) is 0 Å². The summed E-state index contributed by atoms with van der Waals surface area (Å²) < 4.78 is 0. The zero-order valence-corrected chi connectivity index (χ0v) is 7.02. The topological polar surface area (TPSA) is 40.1 Å². The number of carbonyl (C=O) groups excluding carboxylic acids is 1. The smallest absolute Gasteiger partial charge is 0.173 e. The van der Waals surface area contributed by atoms with E-state index in [0.717, 1.165) is 12.2 Å². The van der Waals surface area contributed by atoms with Gasteiger partial charge in [-0.3, -0.25) is 0 Å². The van der Waals surface area contributed by atoms with Crippen LogP contribution in [0.25, 0.3) is 0 Å². The largest absolute Gasteiger partial charge is 0.541 e. The maximum atomic E-state index is 10.6. The molecule has 3 heteroatoms. The molecule has 0 amide bonds. The van der Waals surface area contributed by atoms with E-state index in [1.807, 2.05) is 6.08 Å². The number of carbonyl (C=O) groups is 1. The van der Waals surface area contributed by atoms with E-state index >= 15 is 0 Å². The molecule has 0 N–H and O–H groups in total. The molecule has 2 nitrogen and oxygen atoms in total. The molecular formula is C8H10O2S. The Morgan fingerprint density at radius 3 is 2.91 bits per heavy atom. The van der Waals surface area contributed by atoms with Gasteiger partial charge in [-0.05, 0) is 18.9 Å². The number of carboxylic acids is 1. The molecule has 0 bridgehead atoms. The van der Waals surface area contributed by atoms with E-state index < -0.39 is 5.97 Å². The third kappa shape index (κ3) is 1.07. The number of allylic oxidation sites excluding steroid dienone is 1. The average molecular weight is 170 g/mol. The normalized spacial score (nSPS) is 35.1. The Bertz CT molecular complexity index is 222. The Hall–Kier alpha value is -0.440. The first kappa shape index (κ1) is 7.22. The van der Waals surface area contributed by atoms with Gasteiger partial charge in [0.2, 0.25) is 0 Å². The molecule has 11 heavy (non-hydrogen) atoms. The van der Waals surface area contributed by atoms with Crippen molar-refractivity contribution < 1.29 is 9.90 Å². The highest BCUT2D eigenvalue weighted by molar-refractivity contribution is 8.03. The molecule has 1 saturated heterocycles. The van der Waals surface area contributed by atoms with Crippen LogP contribution in [0.15, 0.2) is 11.0 Å². The van der Waals surface area contributed by atoms with Crippen molar-refractivity contribution in [3.63, 3.8) is 0 Å². The van der Waals surface area contributed by atoms with Gasteiger partial charge in [0.1, 0.15) is 17.0 Å². The summed E-state index contributed by atoms with van der Waals surface area (Å²) in [5, 5.41) is 11.3. The summed E-state index contributed by atoms with van der Waals surface area (Å²) in [7, 11) is 0.0768. The van der Waals surface area contributed by atoms with Crippen molar-refractivity contribution in [3.05, 3.63) is 11.0 Å². The van der Waals surface area contributed by atoms with Crippen LogP contribution < -0.4 is 5.11 Å². The lowest BCUT2D eigenvalue weighted by Crippen LogP contribution is -2.44. The first-order valence-electron chi connectivity index (χ1n) is 3.90. The summed E-state index contributed by atoms with van der Waals surface area (Å²) >= 11 is 0. The molecule has 2 aliphatic heterocycles. The molecule has 0 aromatic rings. The number of hydrogen-bond donors (Lipinski definition) is 0. The van der Waals surface area contributed by atoms with E-state index in [0.29, 0.717) is 10.2 Å². The Labute approximate surface area is 68.6 Å². The highest BCUT2D eigenvalue weighted by atomic mass is 32.2. The lowest BCUT2D eigenvalue weighted by Gasteiger charge is -2.31. The minimum Gasteiger partial charge on any atom is -0.541 e. The molecule has 2 atom stereocenters. The van der Waals surface area contributed by atoms with E-state index in [1.54, 1.807) is 0 Å². The number of aliphatic carboxylic acids is 1. The molecule has 2 aliphatic rings. The fourth-order valence-electron chi connectivity index (χ4n) is 1.68. The van der Waals surface area contributed by atoms with Gasteiger partial charge in [-0.15, -0.1) is 0 Å². The van der Waals surface area contributed by atoms with Crippen LogP contribution in [-0.4, -0.2) is 17.0 Å². The summed E-state index contributed by atoms with van der Waals surface area (Å²) in [6.07, 6.45) is 5.22. The molecule has 2 rings (SSSR count). The molecule has 0 spiro atoms. The summed E-state index contributed by atoms with van der Waals surface area (Å²) in [6, 6.07) is 0. The predicted octanol–water partition coefficient (Wildman–Crippen LogP) is -0.195. The monoisotopic (exact) mass is 170 g/mol. The Morgan fingerprint density at radius 1 is 1.64 bits per heavy atom. The van der Waals surface area contributed by atoms with Crippen molar-refractivity contribution in [3.8, 4) is 0 Å². The quantitative estimate of drug-likeness (QED) is 0.511. The maximum absolute atomic E-state index is 10.6. The highest BCUT2D eigenvalue weighted by Gasteiger charge is 2.46. The van der Waals surface area contributed by atoms with Crippen LogP contribution in [0.1, 0.15) is 19.3 Å². The standard InChI is InChI=1S/C8H10O2S/c9-8(10)7-3-1-2-6-4-5-11(6)7/h3,6H,1-2,4-5H2. The summed E-state index contributed by atoms with van der Waals surface area (Å²) in [6.45, 7) is 0. The van der Waals surface area contributed by atoms with Gasteiger partial charge in [0.25, 0.3) is 0 Å². The first-order valence-corrected chi connectivity index (χ1v) is 5.36. The molecular weight excluding hydrogens is 160 g/mol. The lowest BCUT2D eigenvalue weighted by atomic mass is 10.1. The lowest BCUT2D eigenvalue weighted by molar-refractivity contribution is -0.298. The fraction of sp³-hybridized carbons (Fsp3) is 0.625. The molecule has 0 radical (unpaired) electrons. The Morgan fingerprint density at radius 2 is 2.45 bits per heavy atom. The number of fused-ring (bicyclic) bond motifs is 1. The molecule has 2 heterocycles. The van der Waals surface area contributed by atoms with Gasteiger partial charge in [-0.25, -0.2) is 0 Å². The average Bonchev–Trinajstić information content (AvgIpc) is 1.90. The molecule has 0 saturated carbocycles. The summed E-state index contributed by atoms with van der Waals surface area (Å²) in [5.74, 6) is 0.155. The van der Waals surface area contributed by atoms with E-state index in [9.17, 15) is 9.90 Å². The van der Waals surface area contributed by atoms with Crippen molar-refractivity contribution in [2.24, 2.45) is 0 Å². The second-order valence-electron chi connectivity index (χ2n) is 2.98. The minimum absolute atomic E-state index is 0.0768. The van der Waals surface area contributed by atoms with Gasteiger partial charge in [0.15, 0.2) is 4.91 Å². The molecule has 60 valence electrons. The third-order valence-electron chi connectivity index (χ3n) is 2.36. The van der Waals surface area contributed by atoms with Gasteiger partial charge in [-0.2, -0.15) is 0 Å². The second kappa shape index (κ2) is 2.55. The van der Waals surface area contributed by atoms with Crippen LogP contribution >= 0.6 is 0 Å². The Kier molecular flexibility index (Phi) is 1.68. The Balaban J connectivity index is 2.18. The predicted molar refractivity (Wildman–Crippen MR) is 43.0 cm³/mol. The van der Waals surface area contributed by atoms with Gasteiger partial charge in [-0.1, -0.05) is 0 Å². The number of hydrogen-bond acceptors (Lipinski definition) is 2. The van der Waals surface area contributed by atoms with Gasteiger partial charge in [0, 0.05) is 17.3 Å². The highest BCUT2D eigenvalue weighted by Crippen LogP contribution is 2.36. The third-order valence-corrected chi connectivity index (χ3v) is 5.21. The summed E-state index contributed by atoms with van der Waals surface area (Å²) in [5.41, 5.74) is 0. The van der Waals surface area contributed by atoms with Crippen molar-refractivity contribution in [1.82, 2.24) is 0 Å². The van der Waals surface area contributed by atoms with Crippen LogP contribution in [0.3, 0.4) is 0 Å². The van der Waals surface area contributed by atoms with E-state index in [2.05, 4.69) is 0 Å². The van der Waals surface area contributed by atoms with E-state index in [1.165, 1.54) is 12.8 Å². The van der Waals surface area contributed by atoms with Crippen molar-refractivity contribution in [1.29, 1.82) is 0 Å². The second-order valence-corrected chi connectivity index (χ2v) is 5.35. The van der Waals surface area contributed by atoms with Crippen molar-refractivity contribution in [2.75, 3.05) is 5.75 Å². The van der Waals surface area contributed by atoms with Crippen LogP contribution in [0.2, 0.25) is 0 Å². The molecule has 0 aromatic heterocycles. The first-order chi connectivity index (χ1) is 5.29. The van der Waals surface area contributed by atoms with E-state index in [4.69, 9.17) is 0 Å². The number of carboxylic acid groups (broad SMARTS) is 1. The summed E-state index contributed by atoms with van der Waals surface area (Å²) in [4.78, 5) is 11.2. The number of rotatable bonds is 1. The van der Waals surface area contributed by atoms with Gasteiger partial charge in [0.05, 0.1) is 0 Å². The molecule has 0 aliphatic carbocycles. The zero-order valence-electron chi connectivity index (χ0n) is 6.21. The van der Waals surface area contributed by atoms with Gasteiger partial charge >= 0.3 is 0 Å². The maximum Gasteiger partial charge on any atom is 0.173 e. The van der Waals surface area contributed by atoms with Crippen LogP contribution in [0.4, 0.5) is 0 Å². The van der Waals surface area contributed by atoms with Crippen molar-refractivity contribution in [2.45, 2.75) is 24.5 Å². The van der Waals surface area contributed by atoms with Gasteiger partial charge < -0.3 is 9.90 Å². The van der Waals surface area contributed by atoms with Crippen molar-refractivity contribution >= 4 is 16.9 Å². The van der Waals surface area contributed by atoms with Crippen LogP contribution in [-0.2, 0) is 15.7 Å². The van der Waals surface area contributed by atoms with E-state index in [-0.39, 0.29) is 10.9 Å². The minimum atomic E-state index is -0.933. The zero-order chi connectivity index (χ0) is 7.84.